The Morgan fingerprint density at radius 2 is 1.73 bits per heavy atom. The molecule has 1 heterocycles. The number of fused-ring (bicyclic) bond motifs is 4. The molecule has 2 atom stereocenters. The first kappa shape index (κ1) is 26.4. The third-order valence-corrected chi connectivity index (χ3v) is 8.03. The molecule has 204 valence electrons. The van der Waals surface area contributed by atoms with Gasteiger partial charge in [0.05, 0.1) is 5.92 Å². The van der Waals surface area contributed by atoms with E-state index in [0.717, 1.165) is 50.9 Å². The number of carbonyl (C=O) groups is 1. The van der Waals surface area contributed by atoms with Gasteiger partial charge in [0, 0.05) is 23.2 Å². The molecule has 0 spiro atoms. The van der Waals surface area contributed by atoms with Crippen molar-refractivity contribution >= 4 is 39.1 Å². The van der Waals surface area contributed by atoms with Crippen LogP contribution in [0.1, 0.15) is 45.5 Å². The van der Waals surface area contributed by atoms with Gasteiger partial charge in [0.25, 0.3) is 0 Å². The number of rotatable bonds is 10. The average molecular weight is 554 g/mol. The van der Waals surface area contributed by atoms with E-state index in [1.54, 1.807) is 0 Å². The van der Waals surface area contributed by atoms with Crippen LogP contribution < -0.4 is 9.47 Å². The quantitative estimate of drug-likeness (QED) is 0.130. The number of likely N-dealkylation sites (N-methyl/N-ethyl adjacent to an activating group) is 1. The smallest absolute Gasteiger partial charge is 0.205 e. The van der Waals surface area contributed by atoms with Crippen LogP contribution in [-0.2, 0) is 6.61 Å². The van der Waals surface area contributed by atoms with Crippen molar-refractivity contribution in [2.75, 3.05) is 33.1 Å². The molecule has 0 radical (unpaired) electrons. The minimum Gasteiger partial charge on any atom is -0.492 e. The van der Waals surface area contributed by atoms with E-state index in [1.807, 2.05) is 80.8 Å². The van der Waals surface area contributed by atoms with Crippen LogP contribution in [0.25, 0.3) is 21.7 Å². The van der Waals surface area contributed by atoms with E-state index in [1.165, 1.54) is 0 Å². The molecule has 0 saturated heterocycles. The van der Waals surface area contributed by atoms with E-state index in [-0.39, 0.29) is 17.6 Å². The lowest BCUT2D eigenvalue weighted by Crippen LogP contribution is -2.19. The average Bonchev–Trinajstić information content (AvgIpc) is 3.57. The summed E-state index contributed by atoms with van der Waals surface area (Å²) in [7, 11) is 4.02. The Morgan fingerprint density at radius 3 is 2.50 bits per heavy atom. The van der Waals surface area contributed by atoms with Gasteiger partial charge in [-0.05, 0) is 78.8 Å². The normalized spacial score (nSPS) is 16.5. The van der Waals surface area contributed by atoms with Crippen LogP contribution in [0.15, 0.2) is 89.3 Å². The number of carbonyl (C=O) groups excluding carboxylic acids is 1. The molecule has 1 aliphatic carbocycles. The van der Waals surface area contributed by atoms with Crippen LogP contribution in [0.3, 0.4) is 0 Å². The molecule has 0 fully saturated rings. The van der Waals surface area contributed by atoms with Crippen molar-refractivity contribution in [2.45, 2.75) is 24.9 Å². The number of benzene rings is 4. The van der Waals surface area contributed by atoms with E-state index in [0.29, 0.717) is 36.9 Å². The third-order valence-electron chi connectivity index (χ3n) is 7.66. The predicted octanol–water partition coefficient (Wildman–Crippen LogP) is 7.80. The molecular formula is C34H32ClNO4. The first-order chi connectivity index (χ1) is 19.5. The van der Waals surface area contributed by atoms with Crippen molar-refractivity contribution in [1.82, 2.24) is 4.90 Å². The van der Waals surface area contributed by atoms with Crippen LogP contribution in [-0.4, -0.2) is 43.8 Å². The molecule has 40 heavy (non-hydrogen) atoms. The number of ether oxygens (including phenoxy) is 2. The summed E-state index contributed by atoms with van der Waals surface area (Å²) in [5, 5.41) is 2.97. The molecule has 0 aliphatic heterocycles. The molecule has 6 heteroatoms. The van der Waals surface area contributed by atoms with Crippen molar-refractivity contribution in [3.8, 4) is 11.5 Å². The first-order valence-corrected chi connectivity index (χ1v) is 14.2. The Hall–Kier alpha value is -3.80. The molecule has 0 saturated carbocycles. The Labute approximate surface area is 239 Å². The van der Waals surface area contributed by atoms with Gasteiger partial charge >= 0.3 is 0 Å². The molecule has 5 nitrogen and oxygen atoms in total. The molecule has 4 aromatic carbocycles. The summed E-state index contributed by atoms with van der Waals surface area (Å²) in [6.07, 6.45) is 0.639. The number of nitrogens with zero attached hydrogens (tertiary/aromatic N) is 1. The Bertz CT molecular complexity index is 1660. The highest BCUT2D eigenvalue weighted by Crippen LogP contribution is 2.49. The lowest BCUT2D eigenvalue weighted by atomic mass is 9.92. The van der Waals surface area contributed by atoms with Crippen molar-refractivity contribution in [3.05, 3.63) is 107 Å². The summed E-state index contributed by atoms with van der Waals surface area (Å²) in [5.41, 5.74) is 3.88. The number of hydrogen-bond donors (Lipinski definition) is 0. The molecule has 6 rings (SSSR count). The van der Waals surface area contributed by atoms with Gasteiger partial charge in [-0.2, -0.15) is 0 Å². The van der Waals surface area contributed by atoms with E-state index in [2.05, 4.69) is 23.1 Å². The highest BCUT2D eigenvalue weighted by atomic mass is 35.5. The zero-order valence-electron chi connectivity index (χ0n) is 22.7. The van der Waals surface area contributed by atoms with Gasteiger partial charge in [-0.15, -0.1) is 11.6 Å². The van der Waals surface area contributed by atoms with Crippen molar-refractivity contribution < 1.29 is 18.7 Å². The van der Waals surface area contributed by atoms with Crippen molar-refractivity contribution in [2.24, 2.45) is 0 Å². The molecular weight excluding hydrogens is 522 g/mol. The predicted molar refractivity (Wildman–Crippen MR) is 160 cm³/mol. The SMILES string of the molecule is CN(C)CCOc1ccc2oc(C(=O)C3C[C@@H](CCl)c4c3cc(OCc3ccccc3)c3ccccc43)cc2c1. The van der Waals surface area contributed by atoms with Gasteiger partial charge in [0.2, 0.25) is 5.78 Å². The van der Waals surface area contributed by atoms with E-state index >= 15 is 0 Å². The maximum absolute atomic E-state index is 14.0. The second-order valence-electron chi connectivity index (χ2n) is 10.7. The highest BCUT2D eigenvalue weighted by Gasteiger charge is 2.38. The maximum Gasteiger partial charge on any atom is 0.205 e. The molecule has 5 aromatic rings. The molecule has 0 bridgehead atoms. The third kappa shape index (κ3) is 5.19. The summed E-state index contributed by atoms with van der Waals surface area (Å²) < 4.78 is 18.3. The van der Waals surface area contributed by atoms with Crippen molar-refractivity contribution in [3.63, 3.8) is 0 Å². The minimum atomic E-state index is -0.362. The van der Waals surface area contributed by atoms with E-state index in [9.17, 15) is 4.79 Å². The van der Waals surface area contributed by atoms with E-state index < -0.39 is 0 Å². The monoisotopic (exact) mass is 553 g/mol. The fourth-order valence-corrected chi connectivity index (χ4v) is 5.93. The molecule has 1 aliphatic rings. The Morgan fingerprint density at radius 1 is 0.950 bits per heavy atom. The highest BCUT2D eigenvalue weighted by molar-refractivity contribution is 6.18. The van der Waals surface area contributed by atoms with Gasteiger partial charge < -0.3 is 18.8 Å². The van der Waals surface area contributed by atoms with Gasteiger partial charge in [-0.1, -0.05) is 54.6 Å². The largest absolute Gasteiger partial charge is 0.492 e. The number of furan rings is 1. The topological polar surface area (TPSA) is 51.9 Å². The number of halogens is 1. The fourth-order valence-electron chi connectivity index (χ4n) is 5.65. The summed E-state index contributed by atoms with van der Waals surface area (Å²) >= 11 is 6.49. The van der Waals surface area contributed by atoms with Gasteiger partial charge in [-0.3, -0.25) is 4.79 Å². The summed E-state index contributed by atoms with van der Waals surface area (Å²) in [5.74, 6) is 2.00. The molecule has 1 aromatic heterocycles. The van der Waals surface area contributed by atoms with Gasteiger partial charge in [0.15, 0.2) is 5.76 Å². The zero-order chi connectivity index (χ0) is 27.6. The van der Waals surface area contributed by atoms with Crippen LogP contribution in [0.5, 0.6) is 11.5 Å². The summed E-state index contributed by atoms with van der Waals surface area (Å²) in [6, 6.07) is 27.9. The van der Waals surface area contributed by atoms with E-state index in [4.69, 9.17) is 25.5 Å². The molecule has 0 amide bonds. The maximum atomic E-state index is 14.0. The second kappa shape index (κ2) is 11.4. The minimum absolute atomic E-state index is 0.0376. The lowest BCUT2D eigenvalue weighted by molar-refractivity contribution is 0.0932. The van der Waals surface area contributed by atoms with Gasteiger partial charge in [0.1, 0.15) is 30.3 Å². The standard InChI is InChI=1S/C34H32ClNO4/c1-36(2)14-15-38-25-12-13-30-23(16-25)18-32(40-30)34(37)29-17-24(20-35)33-27-11-7-6-10-26(27)31(19-28(29)33)39-21-22-8-4-3-5-9-22/h3-13,16,18-19,24,29H,14-15,17,20-21H2,1-2H3/t24-,29?/m0/s1. The summed E-state index contributed by atoms with van der Waals surface area (Å²) in [6.45, 7) is 1.86. The van der Waals surface area contributed by atoms with Crippen molar-refractivity contribution in [1.29, 1.82) is 0 Å². The molecule has 1 unspecified atom stereocenters. The lowest BCUT2D eigenvalue weighted by Gasteiger charge is -2.16. The summed E-state index contributed by atoms with van der Waals surface area (Å²) in [4.78, 5) is 16.1. The number of ketones is 1. The number of alkyl halides is 1. The second-order valence-corrected chi connectivity index (χ2v) is 11.0. The number of hydrogen-bond acceptors (Lipinski definition) is 5. The van der Waals surface area contributed by atoms with Crippen LogP contribution in [0.4, 0.5) is 0 Å². The molecule has 0 N–H and O–H groups in total. The fraction of sp³-hybridized carbons (Fsp3) is 0.265. The Kier molecular flexibility index (Phi) is 7.50. The van der Waals surface area contributed by atoms with Gasteiger partial charge in [-0.25, -0.2) is 0 Å². The van der Waals surface area contributed by atoms with Crippen LogP contribution in [0, 0.1) is 0 Å². The first-order valence-electron chi connectivity index (χ1n) is 13.7. The Balaban J connectivity index is 1.33. The zero-order valence-corrected chi connectivity index (χ0v) is 23.5. The van der Waals surface area contributed by atoms with Crippen LogP contribution in [0.2, 0.25) is 0 Å². The number of Topliss-reactive ketones (excluding diaryl/α,β-unsaturated/α-hetero) is 1. The van der Waals surface area contributed by atoms with Crippen LogP contribution >= 0.6 is 11.6 Å².